The standard InChI is InChI=1S/C19H40O6/c1-19(2)7-5-3-4-6-9-21-11-13-23-15-17-25-18-16-24-14-12-22-10-8-20/h19-20H,3-18H2,1-2H3. The largest absolute Gasteiger partial charge is 0.394 e. The average molecular weight is 365 g/mol. The van der Waals surface area contributed by atoms with Gasteiger partial charge in [0.05, 0.1) is 66.1 Å². The lowest BCUT2D eigenvalue weighted by molar-refractivity contribution is -0.0134. The van der Waals surface area contributed by atoms with Crippen molar-refractivity contribution >= 4 is 0 Å². The highest BCUT2D eigenvalue weighted by atomic mass is 16.6. The molecule has 0 aromatic rings. The predicted molar refractivity (Wildman–Crippen MR) is 99.1 cm³/mol. The number of rotatable bonds is 21. The summed E-state index contributed by atoms with van der Waals surface area (Å²) in [5.74, 6) is 0.821. The summed E-state index contributed by atoms with van der Waals surface area (Å²) in [5.41, 5.74) is 0. The molecule has 0 unspecified atom stereocenters. The monoisotopic (exact) mass is 364 g/mol. The highest BCUT2D eigenvalue weighted by molar-refractivity contribution is 4.47. The van der Waals surface area contributed by atoms with E-state index in [0.29, 0.717) is 59.5 Å². The van der Waals surface area contributed by atoms with Crippen LogP contribution in [0.2, 0.25) is 0 Å². The molecular formula is C19H40O6. The van der Waals surface area contributed by atoms with Crippen LogP contribution in [0.4, 0.5) is 0 Å². The normalized spacial score (nSPS) is 11.5. The third-order valence-electron chi connectivity index (χ3n) is 3.54. The Kier molecular flexibility index (Phi) is 21.6. The maximum Gasteiger partial charge on any atom is 0.0701 e. The molecule has 6 nitrogen and oxygen atoms in total. The van der Waals surface area contributed by atoms with Crippen molar-refractivity contribution in [3.05, 3.63) is 0 Å². The van der Waals surface area contributed by atoms with Crippen molar-refractivity contribution in [2.75, 3.05) is 72.7 Å². The van der Waals surface area contributed by atoms with Crippen molar-refractivity contribution in [3.63, 3.8) is 0 Å². The van der Waals surface area contributed by atoms with E-state index in [2.05, 4.69) is 13.8 Å². The first kappa shape index (κ1) is 24.8. The lowest BCUT2D eigenvalue weighted by Gasteiger charge is -2.08. The summed E-state index contributed by atoms with van der Waals surface area (Å²) in [6, 6.07) is 0. The summed E-state index contributed by atoms with van der Waals surface area (Å²) in [4.78, 5) is 0. The van der Waals surface area contributed by atoms with Gasteiger partial charge < -0.3 is 28.8 Å². The number of hydrogen-bond acceptors (Lipinski definition) is 6. The summed E-state index contributed by atoms with van der Waals surface area (Å²) in [7, 11) is 0. The van der Waals surface area contributed by atoms with Gasteiger partial charge in [-0.15, -0.1) is 0 Å². The number of aliphatic hydroxyl groups is 1. The molecule has 0 amide bonds. The highest BCUT2D eigenvalue weighted by Crippen LogP contribution is 2.09. The number of ether oxygens (including phenoxy) is 5. The molecule has 0 fully saturated rings. The number of unbranched alkanes of at least 4 members (excludes halogenated alkanes) is 3. The number of aliphatic hydroxyl groups excluding tert-OH is 1. The second-order valence-corrected chi connectivity index (χ2v) is 6.38. The van der Waals surface area contributed by atoms with Gasteiger partial charge >= 0.3 is 0 Å². The molecule has 0 saturated heterocycles. The Morgan fingerprint density at radius 2 is 0.920 bits per heavy atom. The van der Waals surface area contributed by atoms with Crippen LogP contribution in [0.15, 0.2) is 0 Å². The van der Waals surface area contributed by atoms with E-state index in [-0.39, 0.29) is 6.61 Å². The van der Waals surface area contributed by atoms with Gasteiger partial charge in [-0.25, -0.2) is 0 Å². The molecular weight excluding hydrogens is 324 g/mol. The van der Waals surface area contributed by atoms with Crippen molar-refractivity contribution in [2.45, 2.75) is 46.0 Å². The van der Waals surface area contributed by atoms with Gasteiger partial charge in [-0.2, -0.15) is 0 Å². The first-order chi connectivity index (χ1) is 12.3. The van der Waals surface area contributed by atoms with Gasteiger partial charge in [0.15, 0.2) is 0 Å². The summed E-state index contributed by atoms with van der Waals surface area (Å²) in [5, 5.41) is 8.52. The molecule has 0 saturated carbocycles. The Morgan fingerprint density at radius 1 is 0.520 bits per heavy atom. The SMILES string of the molecule is CC(C)CCCCCCOCCOCCOCCOCCOCCO. The zero-order chi connectivity index (χ0) is 18.4. The van der Waals surface area contributed by atoms with Crippen LogP contribution in [0, 0.1) is 5.92 Å². The molecule has 0 radical (unpaired) electrons. The van der Waals surface area contributed by atoms with Gasteiger partial charge in [0.1, 0.15) is 0 Å². The smallest absolute Gasteiger partial charge is 0.0701 e. The zero-order valence-corrected chi connectivity index (χ0v) is 16.4. The highest BCUT2D eigenvalue weighted by Gasteiger charge is 1.96. The first-order valence-electron chi connectivity index (χ1n) is 9.77. The van der Waals surface area contributed by atoms with E-state index in [1.807, 2.05) is 0 Å². The summed E-state index contributed by atoms with van der Waals surface area (Å²) < 4.78 is 26.8. The molecule has 0 atom stereocenters. The topological polar surface area (TPSA) is 66.4 Å². The second-order valence-electron chi connectivity index (χ2n) is 6.38. The van der Waals surface area contributed by atoms with Crippen LogP contribution in [0.1, 0.15) is 46.0 Å². The fourth-order valence-corrected chi connectivity index (χ4v) is 2.16. The summed E-state index contributed by atoms with van der Waals surface area (Å²) in [6.07, 6.45) is 6.39. The van der Waals surface area contributed by atoms with Crippen LogP contribution in [0.5, 0.6) is 0 Å². The minimum Gasteiger partial charge on any atom is -0.394 e. The Labute approximate surface area is 154 Å². The molecule has 0 rings (SSSR count). The fourth-order valence-electron chi connectivity index (χ4n) is 2.16. The van der Waals surface area contributed by atoms with E-state index in [0.717, 1.165) is 18.9 Å². The molecule has 152 valence electrons. The van der Waals surface area contributed by atoms with Gasteiger partial charge in [0.25, 0.3) is 0 Å². The van der Waals surface area contributed by atoms with Crippen LogP contribution < -0.4 is 0 Å². The van der Waals surface area contributed by atoms with Crippen molar-refractivity contribution in [1.29, 1.82) is 0 Å². The third kappa shape index (κ3) is 23.8. The average Bonchev–Trinajstić information content (AvgIpc) is 2.60. The molecule has 0 heterocycles. The van der Waals surface area contributed by atoms with E-state index in [4.69, 9.17) is 28.8 Å². The Balaban J connectivity index is 2.96. The van der Waals surface area contributed by atoms with Crippen LogP contribution in [-0.2, 0) is 23.7 Å². The Morgan fingerprint density at radius 3 is 1.36 bits per heavy atom. The van der Waals surface area contributed by atoms with Crippen LogP contribution in [0.3, 0.4) is 0 Å². The first-order valence-corrected chi connectivity index (χ1v) is 9.77. The van der Waals surface area contributed by atoms with E-state index in [1.165, 1.54) is 25.7 Å². The minimum atomic E-state index is 0.0482. The molecule has 1 N–H and O–H groups in total. The Bertz CT molecular complexity index is 238. The lowest BCUT2D eigenvalue weighted by atomic mass is 10.0. The fraction of sp³-hybridized carbons (Fsp3) is 1.00. The molecule has 0 bridgehead atoms. The second kappa shape index (κ2) is 21.8. The van der Waals surface area contributed by atoms with Crippen molar-refractivity contribution < 1.29 is 28.8 Å². The van der Waals surface area contributed by atoms with Crippen molar-refractivity contribution in [2.24, 2.45) is 5.92 Å². The quantitative estimate of drug-likeness (QED) is 0.316. The van der Waals surface area contributed by atoms with Gasteiger partial charge in [-0.1, -0.05) is 39.5 Å². The number of hydrogen-bond donors (Lipinski definition) is 1. The molecule has 0 aliphatic carbocycles. The predicted octanol–water partition coefficient (Wildman–Crippen LogP) is 2.67. The van der Waals surface area contributed by atoms with E-state index in [9.17, 15) is 0 Å². The zero-order valence-electron chi connectivity index (χ0n) is 16.4. The van der Waals surface area contributed by atoms with Gasteiger partial charge in [-0.3, -0.25) is 0 Å². The minimum absolute atomic E-state index is 0.0482. The van der Waals surface area contributed by atoms with Crippen LogP contribution in [0.25, 0.3) is 0 Å². The molecule has 0 aliphatic heterocycles. The van der Waals surface area contributed by atoms with Crippen molar-refractivity contribution in [1.82, 2.24) is 0 Å². The van der Waals surface area contributed by atoms with Crippen LogP contribution in [-0.4, -0.2) is 77.8 Å². The lowest BCUT2D eigenvalue weighted by Crippen LogP contribution is -2.13. The molecule has 0 aliphatic rings. The Hall–Kier alpha value is -0.240. The molecule has 6 heteroatoms. The van der Waals surface area contributed by atoms with Gasteiger partial charge in [0.2, 0.25) is 0 Å². The van der Waals surface area contributed by atoms with Crippen molar-refractivity contribution in [3.8, 4) is 0 Å². The summed E-state index contributed by atoms with van der Waals surface area (Å²) in [6.45, 7) is 10.3. The molecule has 0 aromatic carbocycles. The van der Waals surface area contributed by atoms with E-state index >= 15 is 0 Å². The molecule has 25 heavy (non-hydrogen) atoms. The summed E-state index contributed by atoms with van der Waals surface area (Å²) >= 11 is 0. The third-order valence-corrected chi connectivity index (χ3v) is 3.54. The molecule has 0 spiro atoms. The molecule has 0 aromatic heterocycles. The van der Waals surface area contributed by atoms with E-state index in [1.54, 1.807) is 0 Å². The van der Waals surface area contributed by atoms with Crippen LogP contribution >= 0.6 is 0 Å². The maximum absolute atomic E-state index is 8.52. The van der Waals surface area contributed by atoms with E-state index < -0.39 is 0 Å². The van der Waals surface area contributed by atoms with Gasteiger partial charge in [-0.05, 0) is 12.3 Å². The van der Waals surface area contributed by atoms with Gasteiger partial charge in [0, 0.05) is 6.61 Å². The maximum atomic E-state index is 8.52.